The molecule has 150 valence electrons. The first-order valence-corrected chi connectivity index (χ1v) is 9.67. The van der Waals surface area contributed by atoms with Crippen molar-refractivity contribution in [2.45, 2.75) is 25.7 Å². The molecule has 0 saturated carbocycles. The number of pyridine rings is 1. The van der Waals surface area contributed by atoms with E-state index in [0.29, 0.717) is 30.8 Å². The summed E-state index contributed by atoms with van der Waals surface area (Å²) in [4.78, 5) is 33.7. The summed E-state index contributed by atoms with van der Waals surface area (Å²) >= 11 is 0. The fraction of sp³-hybridized carbons (Fsp3) is 0.476. The largest absolute Gasteiger partial charge is 0.472 e. The molecule has 0 atom stereocenters. The second kappa shape index (κ2) is 9.01. The Labute approximate surface area is 165 Å². The molecule has 1 aliphatic heterocycles. The van der Waals surface area contributed by atoms with Gasteiger partial charge in [-0.25, -0.2) is 0 Å². The molecule has 0 bridgehead atoms. The van der Waals surface area contributed by atoms with Crippen molar-refractivity contribution in [3.63, 3.8) is 0 Å². The minimum atomic E-state index is -0.0822. The number of likely N-dealkylation sites (N-methyl/N-ethyl adjacent to an activating group) is 1. The molecule has 1 N–H and O–H groups in total. The Morgan fingerprint density at radius 3 is 2.64 bits per heavy atom. The number of likely N-dealkylation sites (tertiary alicyclic amines) is 1. The summed E-state index contributed by atoms with van der Waals surface area (Å²) in [6, 6.07) is 5.43. The number of hydrogen-bond acceptors (Lipinski definition) is 5. The predicted octanol–water partition coefficient (Wildman–Crippen LogP) is 2.29. The van der Waals surface area contributed by atoms with E-state index in [9.17, 15) is 9.59 Å². The molecular formula is C21H28N4O3. The lowest BCUT2D eigenvalue weighted by atomic mass is 9.89. The van der Waals surface area contributed by atoms with Crippen molar-refractivity contribution in [2.75, 3.05) is 40.3 Å². The van der Waals surface area contributed by atoms with E-state index >= 15 is 0 Å². The molecule has 3 rings (SSSR count). The van der Waals surface area contributed by atoms with Crippen LogP contribution in [0.1, 0.15) is 50.9 Å². The summed E-state index contributed by atoms with van der Waals surface area (Å²) in [7, 11) is 3.95. The third-order valence-electron chi connectivity index (χ3n) is 5.09. The van der Waals surface area contributed by atoms with E-state index in [2.05, 4.69) is 5.32 Å². The Bertz CT molecular complexity index is 809. The van der Waals surface area contributed by atoms with Crippen LogP contribution in [-0.4, -0.2) is 66.9 Å². The molecule has 2 aromatic rings. The summed E-state index contributed by atoms with van der Waals surface area (Å²) in [5, 5.41) is 2.98. The molecule has 1 aliphatic rings. The molecule has 7 heteroatoms. The Balaban J connectivity index is 1.67. The lowest BCUT2D eigenvalue weighted by Gasteiger charge is -2.32. The van der Waals surface area contributed by atoms with Crippen LogP contribution in [0.2, 0.25) is 0 Å². The van der Waals surface area contributed by atoms with Crippen LogP contribution in [0.3, 0.4) is 0 Å². The van der Waals surface area contributed by atoms with E-state index in [1.165, 1.54) is 12.5 Å². The van der Waals surface area contributed by atoms with Crippen molar-refractivity contribution in [3.8, 4) is 0 Å². The molecule has 1 fully saturated rings. The van der Waals surface area contributed by atoms with Gasteiger partial charge in [-0.3, -0.25) is 14.6 Å². The number of nitrogens with zero attached hydrogens (tertiary/aromatic N) is 3. The van der Waals surface area contributed by atoms with Crippen LogP contribution in [0.5, 0.6) is 0 Å². The molecule has 1 saturated heterocycles. The second-order valence-electron chi connectivity index (χ2n) is 7.52. The molecule has 3 heterocycles. The summed E-state index contributed by atoms with van der Waals surface area (Å²) in [5.74, 6) is 0.0789. The summed E-state index contributed by atoms with van der Waals surface area (Å²) in [5.41, 5.74) is 2.96. The number of aryl methyl sites for hydroxylation is 1. The van der Waals surface area contributed by atoms with E-state index in [1.807, 2.05) is 43.0 Å². The average Bonchev–Trinajstić information content (AvgIpc) is 3.22. The molecule has 0 aromatic carbocycles. The van der Waals surface area contributed by atoms with Gasteiger partial charge >= 0.3 is 0 Å². The highest BCUT2D eigenvalue weighted by molar-refractivity contribution is 5.95. The lowest BCUT2D eigenvalue weighted by molar-refractivity contribution is 0.0709. The Morgan fingerprint density at radius 2 is 2.00 bits per heavy atom. The van der Waals surface area contributed by atoms with Gasteiger partial charge in [0.2, 0.25) is 0 Å². The van der Waals surface area contributed by atoms with E-state index in [-0.39, 0.29) is 17.7 Å². The van der Waals surface area contributed by atoms with Gasteiger partial charge in [0, 0.05) is 37.8 Å². The maximum Gasteiger partial charge on any atom is 0.257 e. The fourth-order valence-electron chi connectivity index (χ4n) is 3.49. The highest BCUT2D eigenvalue weighted by Crippen LogP contribution is 2.30. The van der Waals surface area contributed by atoms with Crippen molar-refractivity contribution < 1.29 is 14.0 Å². The summed E-state index contributed by atoms with van der Waals surface area (Å²) < 4.78 is 5.01. The number of carbonyl (C=O) groups excluding carboxylic acids is 2. The van der Waals surface area contributed by atoms with Crippen LogP contribution >= 0.6 is 0 Å². The quantitative estimate of drug-likeness (QED) is 0.827. The Kier molecular flexibility index (Phi) is 6.46. The highest BCUT2D eigenvalue weighted by atomic mass is 16.3. The monoisotopic (exact) mass is 384 g/mol. The van der Waals surface area contributed by atoms with Gasteiger partial charge in [-0.15, -0.1) is 0 Å². The topological polar surface area (TPSA) is 78.7 Å². The lowest BCUT2D eigenvalue weighted by Crippen LogP contribution is -2.38. The van der Waals surface area contributed by atoms with E-state index < -0.39 is 0 Å². The Morgan fingerprint density at radius 1 is 1.25 bits per heavy atom. The zero-order chi connectivity index (χ0) is 20.1. The fourth-order valence-corrected chi connectivity index (χ4v) is 3.49. The van der Waals surface area contributed by atoms with Crippen molar-refractivity contribution in [3.05, 3.63) is 53.2 Å². The molecule has 7 nitrogen and oxygen atoms in total. The molecule has 0 aliphatic carbocycles. The molecular weight excluding hydrogens is 356 g/mol. The van der Waals surface area contributed by atoms with Crippen LogP contribution in [0, 0.1) is 6.92 Å². The molecule has 0 spiro atoms. The maximum atomic E-state index is 12.7. The van der Waals surface area contributed by atoms with Gasteiger partial charge in [0.15, 0.2) is 0 Å². The molecule has 2 amide bonds. The average molecular weight is 384 g/mol. The van der Waals surface area contributed by atoms with E-state index in [1.54, 1.807) is 6.07 Å². The molecule has 0 radical (unpaired) electrons. The van der Waals surface area contributed by atoms with Crippen LogP contribution in [0.4, 0.5) is 0 Å². The number of piperidine rings is 1. The number of carbonyl (C=O) groups is 2. The number of aromatic nitrogens is 1. The van der Waals surface area contributed by atoms with Crippen molar-refractivity contribution >= 4 is 11.8 Å². The van der Waals surface area contributed by atoms with E-state index in [0.717, 1.165) is 30.8 Å². The maximum absolute atomic E-state index is 12.7. The first-order chi connectivity index (χ1) is 13.5. The zero-order valence-corrected chi connectivity index (χ0v) is 16.8. The van der Waals surface area contributed by atoms with Crippen LogP contribution < -0.4 is 5.32 Å². The molecule has 0 unspecified atom stereocenters. The third-order valence-corrected chi connectivity index (χ3v) is 5.09. The highest BCUT2D eigenvalue weighted by Gasteiger charge is 2.28. The van der Waals surface area contributed by atoms with Gasteiger partial charge in [0.05, 0.1) is 23.1 Å². The normalized spacial score (nSPS) is 15.1. The predicted molar refractivity (Wildman–Crippen MR) is 106 cm³/mol. The van der Waals surface area contributed by atoms with Crippen molar-refractivity contribution in [1.29, 1.82) is 0 Å². The smallest absolute Gasteiger partial charge is 0.257 e. The first kappa shape index (κ1) is 20.1. The van der Waals surface area contributed by atoms with Crippen LogP contribution in [-0.2, 0) is 0 Å². The first-order valence-electron chi connectivity index (χ1n) is 9.67. The van der Waals surface area contributed by atoms with E-state index in [4.69, 9.17) is 9.40 Å². The minimum absolute atomic E-state index is 0.00828. The molecule has 28 heavy (non-hydrogen) atoms. The van der Waals surface area contributed by atoms with Gasteiger partial charge in [0.25, 0.3) is 11.8 Å². The van der Waals surface area contributed by atoms with Gasteiger partial charge < -0.3 is 19.5 Å². The second-order valence-corrected chi connectivity index (χ2v) is 7.52. The summed E-state index contributed by atoms with van der Waals surface area (Å²) in [6.07, 6.45) is 4.57. The minimum Gasteiger partial charge on any atom is -0.472 e. The standard InChI is InChI=1S/C21H28N4O3/c1-15-4-5-18(20(26)22-9-12-24(2)3)19(23-15)16-6-10-25(11-7-16)21(27)17-8-13-28-14-17/h4-5,8,13-14,16H,6-7,9-12H2,1-3H3,(H,22,26). The van der Waals surface area contributed by atoms with Crippen LogP contribution in [0.15, 0.2) is 35.1 Å². The number of rotatable bonds is 6. The molecule has 2 aromatic heterocycles. The SMILES string of the molecule is Cc1ccc(C(=O)NCCN(C)C)c(C2CCN(C(=O)c3ccoc3)CC2)n1. The van der Waals surface area contributed by atoms with Gasteiger partial charge in [0.1, 0.15) is 6.26 Å². The number of furan rings is 1. The van der Waals surface area contributed by atoms with Gasteiger partial charge in [-0.05, 0) is 52.1 Å². The number of nitrogens with one attached hydrogen (secondary N) is 1. The summed E-state index contributed by atoms with van der Waals surface area (Å²) in [6.45, 7) is 4.61. The number of hydrogen-bond donors (Lipinski definition) is 1. The van der Waals surface area contributed by atoms with Crippen LogP contribution in [0.25, 0.3) is 0 Å². The van der Waals surface area contributed by atoms with Crippen molar-refractivity contribution in [1.82, 2.24) is 20.1 Å². The number of amides is 2. The third kappa shape index (κ3) is 4.78. The Hall–Kier alpha value is -2.67. The zero-order valence-electron chi connectivity index (χ0n) is 16.8. The van der Waals surface area contributed by atoms with Gasteiger partial charge in [-0.2, -0.15) is 0 Å². The van der Waals surface area contributed by atoms with Gasteiger partial charge in [-0.1, -0.05) is 0 Å². The van der Waals surface area contributed by atoms with Crippen molar-refractivity contribution in [2.24, 2.45) is 0 Å².